The van der Waals surface area contributed by atoms with Crippen molar-refractivity contribution in [1.82, 2.24) is 20.2 Å². The zero-order chi connectivity index (χ0) is 15.0. The molecule has 0 aliphatic rings. The molecule has 6 nitrogen and oxygen atoms in total. The number of aromatic amines is 1. The number of hydrogen-bond donors (Lipinski definition) is 2. The Hall–Kier alpha value is -2.34. The second-order valence-corrected chi connectivity index (χ2v) is 5.31. The molecule has 0 saturated heterocycles. The summed E-state index contributed by atoms with van der Waals surface area (Å²) in [6.07, 6.45) is 1.70. The predicted molar refractivity (Wildman–Crippen MR) is 84.4 cm³/mol. The summed E-state index contributed by atoms with van der Waals surface area (Å²) in [5.41, 5.74) is 7.53. The predicted octanol–water partition coefficient (Wildman–Crippen LogP) is 2.79. The van der Waals surface area contributed by atoms with Gasteiger partial charge in [-0.3, -0.25) is 5.10 Å². The van der Waals surface area contributed by atoms with Gasteiger partial charge >= 0.3 is 0 Å². The first-order chi connectivity index (χ1) is 10.1. The molecule has 3 N–H and O–H groups in total. The van der Waals surface area contributed by atoms with Gasteiger partial charge in [-0.15, -0.1) is 0 Å². The van der Waals surface area contributed by atoms with E-state index < -0.39 is 0 Å². The highest BCUT2D eigenvalue weighted by Gasteiger charge is 2.18. The maximum atomic E-state index is 5.93. The molecule has 0 aliphatic heterocycles. The van der Waals surface area contributed by atoms with Crippen molar-refractivity contribution >= 4 is 34.4 Å². The highest BCUT2D eigenvalue weighted by atomic mass is 35.5. The lowest BCUT2D eigenvalue weighted by Gasteiger charge is -2.26. The zero-order valence-electron chi connectivity index (χ0n) is 11.7. The van der Waals surface area contributed by atoms with Crippen molar-refractivity contribution in [3.8, 4) is 0 Å². The van der Waals surface area contributed by atoms with E-state index in [1.165, 1.54) is 0 Å². The molecule has 2 heterocycles. The average Bonchev–Trinajstić information content (AvgIpc) is 2.93. The lowest BCUT2D eigenvalue weighted by Crippen LogP contribution is -2.23. The van der Waals surface area contributed by atoms with Gasteiger partial charge in [-0.05, 0) is 24.6 Å². The van der Waals surface area contributed by atoms with Gasteiger partial charge in [0, 0.05) is 12.1 Å². The Bertz CT molecular complexity index is 767. The van der Waals surface area contributed by atoms with Crippen LogP contribution in [-0.2, 0) is 0 Å². The topological polar surface area (TPSA) is 83.7 Å². The van der Waals surface area contributed by atoms with Crippen molar-refractivity contribution < 1.29 is 0 Å². The first-order valence-electron chi connectivity index (χ1n) is 6.51. The molecule has 21 heavy (non-hydrogen) atoms. The smallest absolute Gasteiger partial charge is 0.224 e. The van der Waals surface area contributed by atoms with Gasteiger partial charge in [0.25, 0.3) is 0 Å². The Morgan fingerprint density at radius 2 is 1.95 bits per heavy atom. The molecule has 0 amide bonds. The number of nitrogen functional groups attached to an aromatic ring is 1. The normalized spacial score (nSPS) is 12.5. The van der Waals surface area contributed by atoms with E-state index in [1.54, 1.807) is 6.20 Å². The third-order valence-corrected chi connectivity index (χ3v) is 3.83. The molecule has 3 aromatic rings. The van der Waals surface area contributed by atoms with Gasteiger partial charge in [-0.1, -0.05) is 23.7 Å². The van der Waals surface area contributed by atoms with Crippen molar-refractivity contribution in [3.63, 3.8) is 0 Å². The summed E-state index contributed by atoms with van der Waals surface area (Å²) in [6.45, 7) is 2.09. The summed E-state index contributed by atoms with van der Waals surface area (Å²) >= 11 is 5.93. The van der Waals surface area contributed by atoms with Gasteiger partial charge in [0.15, 0.2) is 5.65 Å². The van der Waals surface area contributed by atoms with Crippen molar-refractivity contribution in [1.29, 1.82) is 0 Å². The van der Waals surface area contributed by atoms with Crippen LogP contribution in [0.2, 0.25) is 5.02 Å². The van der Waals surface area contributed by atoms with Crippen LogP contribution < -0.4 is 10.6 Å². The third-order valence-electron chi connectivity index (χ3n) is 3.57. The molecule has 0 bridgehead atoms. The Morgan fingerprint density at radius 1 is 1.24 bits per heavy atom. The molecule has 0 aliphatic carbocycles. The Morgan fingerprint density at radius 3 is 2.67 bits per heavy atom. The number of nitrogens with two attached hydrogens (primary N) is 1. The van der Waals surface area contributed by atoms with Crippen LogP contribution in [-0.4, -0.2) is 27.2 Å². The maximum absolute atomic E-state index is 5.93. The molecule has 0 radical (unpaired) electrons. The third kappa shape index (κ3) is 2.50. The number of hydrogen-bond acceptors (Lipinski definition) is 5. The van der Waals surface area contributed by atoms with Crippen molar-refractivity contribution in [2.45, 2.75) is 13.0 Å². The van der Waals surface area contributed by atoms with Crippen LogP contribution in [0.5, 0.6) is 0 Å². The summed E-state index contributed by atoms with van der Waals surface area (Å²) < 4.78 is 0. The summed E-state index contributed by atoms with van der Waals surface area (Å²) in [7, 11) is 1.97. The van der Waals surface area contributed by atoms with Crippen LogP contribution in [0.25, 0.3) is 11.0 Å². The van der Waals surface area contributed by atoms with Crippen molar-refractivity contribution in [3.05, 3.63) is 41.0 Å². The van der Waals surface area contributed by atoms with Gasteiger partial charge in [-0.2, -0.15) is 15.1 Å². The number of halogens is 1. The summed E-state index contributed by atoms with van der Waals surface area (Å²) in [5.74, 6) is 0.964. The highest BCUT2D eigenvalue weighted by molar-refractivity contribution is 6.30. The van der Waals surface area contributed by atoms with E-state index >= 15 is 0 Å². The minimum atomic E-state index is 0.106. The second-order valence-electron chi connectivity index (χ2n) is 4.88. The van der Waals surface area contributed by atoms with Crippen LogP contribution in [0, 0.1) is 0 Å². The summed E-state index contributed by atoms with van der Waals surface area (Å²) in [6, 6.07) is 7.86. The Balaban J connectivity index is 2.01. The van der Waals surface area contributed by atoms with Crippen molar-refractivity contribution in [2.75, 3.05) is 17.7 Å². The number of anilines is 2. The van der Waals surface area contributed by atoms with Crippen LogP contribution in [0.1, 0.15) is 18.5 Å². The van der Waals surface area contributed by atoms with E-state index in [0.717, 1.165) is 21.8 Å². The fourth-order valence-corrected chi connectivity index (χ4v) is 2.38. The number of rotatable bonds is 3. The lowest BCUT2D eigenvalue weighted by molar-refractivity contribution is 0.732. The second kappa shape index (κ2) is 5.21. The van der Waals surface area contributed by atoms with E-state index in [-0.39, 0.29) is 12.0 Å². The van der Waals surface area contributed by atoms with E-state index in [2.05, 4.69) is 27.1 Å². The standard InChI is InChI=1S/C14H15ClN6/c1-8(9-3-5-10(15)6-4-9)21(2)13-11-7-17-20-12(11)18-14(16)19-13/h3-8H,1-2H3,(H3,16,17,18,19,20). The number of nitrogens with one attached hydrogen (secondary N) is 1. The van der Waals surface area contributed by atoms with Crippen LogP contribution in [0.15, 0.2) is 30.5 Å². The first kappa shape index (κ1) is 13.6. The SMILES string of the molecule is CC(c1ccc(Cl)cc1)N(C)c1nc(N)nc2[nH]ncc12. The lowest BCUT2D eigenvalue weighted by atomic mass is 10.1. The van der Waals surface area contributed by atoms with E-state index in [9.17, 15) is 0 Å². The minimum Gasteiger partial charge on any atom is -0.368 e. The number of H-pyrrole nitrogens is 1. The summed E-state index contributed by atoms with van der Waals surface area (Å²) in [5, 5.41) is 8.38. The zero-order valence-corrected chi connectivity index (χ0v) is 12.5. The molecular weight excluding hydrogens is 288 g/mol. The van der Waals surface area contributed by atoms with Gasteiger partial charge in [0.05, 0.1) is 17.6 Å². The molecule has 0 saturated carbocycles. The molecule has 2 aromatic heterocycles. The molecule has 108 valence electrons. The van der Waals surface area contributed by atoms with E-state index in [4.69, 9.17) is 17.3 Å². The molecule has 0 fully saturated rings. The molecule has 3 rings (SSSR count). The van der Waals surface area contributed by atoms with Gasteiger partial charge in [-0.25, -0.2) is 0 Å². The minimum absolute atomic E-state index is 0.106. The molecular formula is C14H15ClN6. The van der Waals surface area contributed by atoms with Crippen LogP contribution in [0.3, 0.4) is 0 Å². The quantitative estimate of drug-likeness (QED) is 0.777. The number of aromatic nitrogens is 4. The first-order valence-corrected chi connectivity index (χ1v) is 6.89. The maximum Gasteiger partial charge on any atom is 0.224 e. The van der Waals surface area contributed by atoms with Crippen molar-refractivity contribution in [2.24, 2.45) is 0 Å². The largest absolute Gasteiger partial charge is 0.368 e. The summed E-state index contributed by atoms with van der Waals surface area (Å²) in [4.78, 5) is 10.5. The Kier molecular flexibility index (Phi) is 3.39. The monoisotopic (exact) mass is 302 g/mol. The average molecular weight is 303 g/mol. The van der Waals surface area contributed by atoms with Gasteiger partial charge in [0.1, 0.15) is 5.82 Å². The number of benzene rings is 1. The molecule has 0 spiro atoms. The Labute approximate surface area is 127 Å². The van der Waals surface area contributed by atoms with Crippen LogP contribution in [0.4, 0.5) is 11.8 Å². The molecule has 7 heteroatoms. The highest BCUT2D eigenvalue weighted by Crippen LogP contribution is 2.29. The molecule has 1 unspecified atom stereocenters. The van der Waals surface area contributed by atoms with Gasteiger partial charge in [0.2, 0.25) is 5.95 Å². The fraction of sp³-hybridized carbons (Fsp3) is 0.214. The number of nitrogens with zero attached hydrogens (tertiary/aromatic N) is 4. The van der Waals surface area contributed by atoms with E-state index in [1.807, 2.05) is 36.2 Å². The van der Waals surface area contributed by atoms with Crippen LogP contribution >= 0.6 is 11.6 Å². The fourth-order valence-electron chi connectivity index (χ4n) is 2.25. The molecule has 1 atom stereocenters. The van der Waals surface area contributed by atoms with Gasteiger partial charge < -0.3 is 10.6 Å². The number of fused-ring (bicyclic) bond motifs is 1. The molecule has 1 aromatic carbocycles. The van der Waals surface area contributed by atoms with E-state index in [0.29, 0.717) is 5.65 Å².